The first-order valence-electron chi connectivity index (χ1n) is 35.0. The molecule has 0 aliphatic rings. The molecule has 458 valence electrons. The standard InChI is InChI=1S/C72H134O6/c1-4-7-10-13-16-19-22-24-26-28-30-31-32-33-34-35-36-37-38-39-40-41-42-44-45-47-50-53-56-59-62-65-71(74)77-68-69(67-76-70(73)64-61-58-55-52-49-21-18-15-12-9-6-3)78-72(75)66-63-60-57-54-51-48-46-43-29-27-25-23-20-17-14-11-8-5-2/h15,18,20,23,27,29,69H,4-14,16-17,19,21-22,24-26,28,30-68H2,1-3H3/b18-15-,23-20-,29-27-. The highest BCUT2D eigenvalue weighted by atomic mass is 16.6. The van der Waals surface area contributed by atoms with Gasteiger partial charge in [-0.2, -0.15) is 0 Å². The highest BCUT2D eigenvalue weighted by Gasteiger charge is 2.19. The van der Waals surface area contributed by atoms with Gasteiger partial charge in [0, 0.05) is 19.3 Å². The van der Waals surface area contributed by atoms with E-state index in [1.807, 2.05) is 0 Å². The molecule has 0 spiro atoms. The number of unbranched alkanes of at least 4 members (excludes halogenated alkanes) is 48. The molecule has 0 fully saturated rings. The van der Waals surface area contributed by atoms with Crippen LogP contribution in [-0.4, -0.2) is 37.2 Å². The lowest BCUT2D eigenvalue weighted by Crippen LogP contribution is -2.30. The van der Waals surface area contributed by atoms with Gasteiger partial charge in [-0.1, -0.05) is 333 Å². The molecule has 0 N–H and O–H groups in total. The topological polar surface area (TPSA) is 78.9 Å². The van der Waals surface area contributed by atoms with Crippen LogP contribution in [0.15, 0.2) is 36.5 Å². The van der Waals surface area contributed by atoms with E-state index in [9.17, 15) is 14.4 Å². The van der Waals surface area contributed by atoms with Crippen LogP contribution in [0, 0.1) is 0 Å². The van der Waals surface area contributed by atoms with Crippen LogP contribution >= 0.6 is 0 Å². The maximum atomic E-state index is 12.9. The Balaban J connectivity index is 4.10. The van der Waals surface area contributed by atoms with Crippen molar-refractivity contribution in [3.05, 3.63) is 36.5 Å². The summed E-state index contributed by atoms with van der Waals surface area (Å²) in [6.45, 7) is 6.64. The van der Waals surface area contributed by atoms with Gasteiger partial charge in [0.05, 0.1) is 0 Å². The predicted molar refractivity (Wildman–Crippen MR) is 339 cm³/mol. The first-order chi connectivity index (χ1) is 38.5. The van der Waals surface area contributed by atoms with Crippen LogP contribution in [0.1, 0.15) is 387 Å². The number of carbonyl (C=O) groups excluding carboxylic acids is 3. The maximum absolute atomic E-state index is 12.9. The zero-order valence-electron chi connectivity index (χ0n) is 52.7. The summed E-state index contributed by atoms with van der Waals surface area (Å²) in [4.78, 5) is 38.3. The van der Waals surface area contributed by atoms with Gasteiger partial charge in [0.1, 0.15) is 13.2 Å². The Morgan fingerprint density at radius 2 is 0.474 bits per heavy atom. The van der Waals surface area contributed by atoms with Crippen LogP contribution in [0.5, 0.6) is 0 Å². The zero-order valence-corrected chi connectivity index (χ0v) is 52.7. The van der Waals surface area contributed by atoms with E-state index < -0.39 is 6.10 Å². The number of hydrogen-bond donors (Lipinski definition) is 0. The van der Waals surface area contributed by atoms with Crippen LogP contribution in [0.25, 0.3) is 0 Å². The highest BCUT2D eigenvalue weighted by Crippen LogP contribution is 2.19. The van der Waals surface area contributed by atoms with Crippen molar-refractivity contribution in [1.82, 2.24) is 0 Å². The molecule has 0 saturated heterocycles. The van der Waals surface area contributed by atoms with Gasteiger partial charge in [-0.05, 0) is 70.6 Å². The molecule has 0 saturated carbocycles. The van der Waals surface area contributed by atoms with Gasteiger partial charge >= 0.3 is 17.9 Å². The second-order valence-electron chi connectivity index (χ2n) is 23.8. The number of allylic oxidation sites excluding steroid dienone is 6. The first kappa shape index (κ1) is 75.6. The molecule has 78 heavy (non-hydrogen) atoms. The molecule has 0 aromatic carbocycles. The van der Waals surface area contributed by atoms with E-state index in [1.165, 1.54) is 270 Å². The summed E-state index contributed by atoms with van der Waals surface area (Å²) in [6, 6.07) is 0. The third kappa shape index (κ3) is 64.5. The third-order valence-corrected chi connectivity index (χ3v) is 15.9. The van der Waals surface area contributed by atoms with E-state index in [0.29, 0.717) is 19.3 Å². The number of carbonyl (C=O) groups is 3. The van der Waals surface area contributed by atoms with Gasteiger partial charge in [-0.15, -0.1) is 0 Å². The molecule has 0 aliphatic heterocycles. The van der Waals surface area contributed by atoms with Gasteiger partial charge in [0.25, 0.3) is 0 Å². The Bertz CT molecular complexity index is 1300. The van der Waals surface area contributed by atoms with Crippen molar-refractivity contribution in [3.63, 3.8) is 0 Å². The number of ether oxygens (including phenoxy) is 3. The minimum atomic E-state index is -0.778. The van der Waals surface area contributed by atoms with Gasteiger partial charge in [-0.25, -0.2) is 0 Å². The Kier molecular flexibility index (Phi) is 65.1. The van der Waals surface area contributed by atoms with E-state index in [-0.39, 0.29) is 31.1 Å². The van der Waals surface area contributed by atoms with E-state index in [2.05, 4.69) is 57.2 Å². The molecule has 0 radical (unpaired) electrons. The second kappa shape index (κ2) is 67.1. The summed E-state index contributed by atoms with van der Waals surface area (Å²) in [7, 11) is 0. The molecule has 0 bridgehead atoms. The summed E-state index contributed by atoms with van der Waals surface area (Å²) in [5.41, 5.74) is 0. The van der Waals surface area contributed by atoms with E-state index in [1.54, 1.807) is 0 Å². The Morgan fingerprint density at radius 3 is 0.769 bits per heavy atom. The maximum Gasteiger partial charge on any atom is 0.306 e. The fraction of sp³-hybridized carbons (Fsp3) is 0.875. The average Bonchev–Trinajstić information content (AvgIpc) is 3.44. The van der Waals surface area contributed by atoms with Crippen molar-refractivity contribution in [3.8, 4) is 0 Å². The third-order valence-electron chi connectivity index (χ3n) is 15.9. The van der Waals surface area contributed by atoms with Crippen LogP contribution < -0.4 is 0 Å². The summed E-state index contributed by atoms with van der Waals surface area (Å²) in [5.74, 6) is -0.869. The largest absolute Gasteiger partial charge is 0.462 e. The molecule has 1 unspecified atom stereocenters. The molecule has 6 nitrogen and oxygen atoms in total. The number of rotatable bonds is 65. The summed E-state index contributed by atoms with van der Waals surface area (Å²) in [6.07, 6.45) is 83.4. The lowest BCUT2D eigenvalue weighted by molar-refractivity contribution is -0.167. The Hall–Kier alpha value is -2.37. The van der Waals surface area contributed by atoms with Crippen LogP contribution in [-0.2, 0) is 28.6 Å². The van der Waals surface area contributed by atoms with Crippen molar-refractivity contribution < 1.29 is 28.6 Å². The van der Waals surface area contributed by atoms with Crippen molar-refractivity contribution in [1.29, 1.82) is 0 Å². The first-order valence-corrected chi connectivity index (χ1v) is 35.0. The monoisotopic (exact) mass is 1100 g/mol. The van der Waals surface area contributed by atoms with Crippen LogP contribution in [0.3, 0.4) is 0 Å². The minimum absolute atomic E-state index is 0.0740. The second-order valence-corrected chi connectivity index (χ2v) is 23.8. The van der Waals surface area contributed by atoms with Crippen molar-refractivity contribution >= 4 is 17.9 Å². The molecule has 0 amide bonds. The average molecular weight is 1100 g/mol. The molecule has 0 rings (SSSR count). The fourth-order valence-corrected chi connectivity index (χ4v) is 10.6. The van der Waals surface area contributed by atoms with Crippen LogP contribution in [0.4, 0.5) is 0 Å². The SMILES string of the molecule is CCCC/C=C\CCCCCCCC(=O)OCC(COC(=O)CCCCCCCCCCCCCCCCCCCCCCCCCCCCCCCCC)OC(=O)CCCCCCCCC/C=C\C/C=C\CCCCCC. The smallest absolute Gasteiger partial charge is 0.306 e. The van der Waals surface area contributed by atoms with Gasteiger partial charge in [-0.3, -0.25) is 14.4 Å². The number of hydrogen-bond acceptors (Lipinski definition) is 6. The Labute approximate surface area is 486 Å². The van der Waals surface area contributed by atoms with E-state index >= 15 is 0 Å². The van der Waals surface area contributed by atoms with Gasteiger partial charge in [0.2, 0.25) is 0 Å². The normalized spacial score (nSPS) is 12.2. The molecule has 1 atom stereocenters. The van der Waals surface area contributed by atoms with Crippen molar-refractivity contribution in [2.45, 2.75) is 393 Å². The van der Waals surface area contributed by atoms with Gasteiger partial charge in [0.15, 0.2) is 6.10 Å². The summed E-state index contributed by atoms with van der Waals surface area (Å²) >= 11 is 0. The van der Waals surface area contributed by atoms with Crippen molar-refractivity contribution in [2.75, 3.05) is 13.2 Å². The van der Waals surface area contributed by atoms with Gasteiger partial charge < -0.3 is 14.2 Å². The molecule has 6 heteroatoms. The predicted octanol–water partition coefficient (Wildman–Crippen LogP) is 23.9. The molecular weight excluding hydrogens is 961 g/mol. The fourth-order valence-electron chi connectivity index (χ4n) is 10.6. The molecule has 0 aliphatic carbocycles. The lowest BCUT2D eigenvalue weighted by atomic mass is 10.0. The molecular formula is C72H134O6. The summed E-state index contributed by atoms with van der Waals surface area (Å²) in [5, 5.41) is 0. The highest BCUT2D eigenvalue weighted by molar-refractivity contribution is 5.71. The molecule has 0 aromatic heterocycles. The minimum Gasteiger partial charge on any atom is -0.462 e. The number of esters is 3. The lowest BCUT2D eigenvalue weighted by Gasteiger charge is -2.18. The van der Waals surface area contributed by atoms with Crippen LogP contribution in [0.2, 0.25) is 0 Å². The van der Waals surface area contributed by atoms with E-state index in [0.717, 1.165) is 77.0 Å². The zero-order chi connectivity index (χ0) is 56.4. The molecule has 0 heterocycles. The molecule has 0 aromatic rings. The summed E-state index contributed by atoms with van der Waals surface area (Å²) < 4.78 is 16.9. The quantitative estimate of drug-likeness (QED) is 0.0261. The Morgan fingerprint density at radius 1 is 0.256 bits per heavy atom. The van der Waals surface area contributed by atoms with Crippen molar-refractivity contribution in [2.24, 2.45) is 0 Å². The van der Waals surface area contributed by atoms with E-state index in [4.69, 9.17) is 14.2 Å².